The summed E-state index contributed by atoms with van der Waals surface area (Å²) >= 11 is 1.99. The van der Waals surface area contributed by atoms with Crippen LogP contribution in [0.5, 0.6) is 6.01 Å². The predicted octanol–water partition coefficient (Wildman–Crippen LogP) is 5.37. The van der Waals surface area contributed by atoms with Crippen LogP contribution >= 0.6 is 22.7 Å². The monoisotopic (exact) mass is 729 g/mol. The molecule has 260 valence electrons. The highest BCUT2D eigenvalue weighted by molar-refractivity contribution is 7.22. The molecule has 1 aromatic carbocycles. The number of fused-ring (bicyclic) bond motifs is 3. The Balaban J connectivity index is 1.16. The van der Waals surface area contributed by atoms with Gasteiger partial charge in [-0.3, -0.25) is 14.7 Å². The number of nitrogens with two attached hydrogens (primary N) is 1. The lowest BCUT2D eigenvalue weighted by Gasteiger charge is -2.35. The number of benzene rings is 1. The van der Waals surface area contributed by atoms with Crippen molar-refractivity contribution in [3.05, 3.63) is 52.1 Å². The predicted molar refractivity (Wildman–Crippen MR) is 179 cm³/mol. The number of thiazole rings is 2. The normalized spacial score (nSPS) is 21.5. The van der Waals surface area contributed by atoms with Crippen LogP contribution in [0.15, 0.2) is 29.7 Å². The molecule has 0 bridgehead atoms. The largest absolute Gasteiger partial charge is 0.461 e. The molecule has 18 heteroatoms. The number of nitrogens with zero attached hydrogens (tertiary/aromatic N) is 8. The van der Waals surface area contributed by atoms with Crippen LogP contribution in [0.2, 0.25) is 0 Å². The van der Waals surface area contributed by atoms with E-state index in [2.05, 4.69) is 29.8 Å². The first-order chi connectivity index (χ1) is 24.1. The molecule has 3 saturated heterocycles. The van der Waals surface area contributed by atoms with E-state index in [-0.39, 0.29) is 82.8 Å². The van der Waals surface area contributed by atoms with Crippen LogP contribution in [0.3, 0.4) is 0 Å². The summed E-state index contributed by atoms with van der Waals surface area (Å²) in [6.07, 6.45) is 4.77. The third-order valence-corrected chi connectivity index (χ3v) is 11.1. The molecule has 3 aliphatic rings. The molecule has 0 unspecified atom stereocenters. The summed E-state index contributed by atoms with van der Waals surface area (Å²) in [4.78, 5) is 39.3. The van der Waals surface area contributed by atoms with Crippen molar-refractivity contribution in [3.63, 3.8) is 0 Å². The minimum Gasteiger partial charge on any atom is -0.461 e. The molecular formula is C32H28F5N9O2S2. The van der Waals surface area contributed by atoms with Crippen molar-refractivity contribution in [2.45, 2.75) is 31.0 Å². The fourth-order valence-corrected chi connectivity index (χ4v) is 8.45. The van der Waals surface area contributed by atoms with Gasteiger partial charge in [-0.1, -0.05) is 11.3 Å². The van der Waals surface area contributed by atoms with Crippen molar-refractivity contribution >= 4 is 66.7 Å². The van der Waals surface area contributed by atoms with Crippen molar-refractivity contribution in [2.75, 3.05) is 56.5 Å². The second-order valence-corrected chi connectivity index (χ2v) is 14.4. The minimum absolute atomic E-state index is 0.0359. The zero-order valence-electron chi connectivity index (χ0n) is 26.2. The fraction of sp³-hybridized carbons (Fsp3) is 0.375. The number of hydrogen-bond acceptors (Lipinski definition) is 12. The summed E-state index contributed by atoms with van der Waals surface area (Å²) in [5, 5.41) is 2.16. The molecule has 7 heterocycles. The third kappa shape index (κ3) is 5.68. The summed E-state index contributed by atoms with van der Waals surface area (Å²) in [7, 11) is 0. The first kappa shape index (κ1) is 32.6. The minimum atomic E-state index is -1.09. The van der Waals surface area contributed by atoms with Crippen LogP contribution in [0.25, 0.3) is 38.5 Å². The Morgan fingerprint density at radius 2 is 1.90 bits per heavy atom. The van der Waals surface area contributed by atoms with Gasteiger partial charge in [-0.05, 0) is 19.4 Å². The zero-order chi connectivity index (χ0) is 34.7. The van der Waals surface area contributed by atoms with Gasteiger partial charge in [0.15, 0.2) is 16.8 Å². The molecule has 3 aliphatic heterocycles. The van der Waals surface area contributed by atoms with E-state index in [0.29, 0.717) is 17.6 Å². The highest BCUT2D eigenvalue weighted by Gasteiger charge is 2.49. The van der Waals surface area contributed by atoms with Gasteiger partial charge in [0.05, 0.1) is 26.7 Å². The number of amides is 1. The maximum atomic E-state index is 16.6. The Morgan fingerprint density at radius 3 is 2.68 bits per heavy atom. The third-order valence-electron chi connectivity index (χ3n) is 9.47. The quantitative estimate of drug-likeness (QED) is 0.173. The zero-order valence-corrected chi connectivity index (χ0v) is 27.8. The molecule has 8 rings (SSSR count). The lowest BCUT2D eigenvalue weighted by atomic mass is 9.95. The highest BCUT2D eigenvalue weighted by atomic mass is 32.1. The summed E-state index contributed by atoms with van der Waals surface area (Å²) in [5.74, 6) is -4.50. The number of nitrogen functional groups attached to an aromatic ring is 1. The van der Waals surface area contributed by atoms with Gasteiger partial charge in [0.2, 0.25) is 0 Å². The Kier molecular flexibility index (Phi) is 8.26. The van der Waals surface area contributed by atoms with Crippen molar-refractivity contribution in [1.29, 1.82) is 0 Å². The molecule has 3 fully saturated rings. The topological polar surface area (TPSA) is 126 Å². The summed E-state index contributed by atoms with van der Waals surface area (Å²) in [5.41, 5.74) is 3.98. The Morgan fingerprint density at radius 1 is 1.08 bits per heavy atom. The van der Waals surface area contributed by atoms with Crippen LogP contribution < -0.4 is 15.4 Å². The van der Waals surface area contributed by atoms with E-state index in [1.54, 1.807) is 10.3 Å². The Bertz CT molecular complexity index is 2160. The van der Waals surface area contributed by atoms with E-state index in [0.717, 1.165) is 36.8 Å². The van der Waals surface area contributed by atoms with Gasteiger partial charge < -0.3 is 20.3 Å². The van der Waals surface area contributed by atoms with E-state index in [9.17, 15) is 18.0 Å². The van der Waals surface area contributed by atoms with E-state index < -0.39 is 46.6 Å². The number of anilines is 2. The molecule has 0 aliphatic carbocycles. The Labute approximate surface area is 289 Å². The number of carbonyl (C=O) groups is 1. The van der Waals surface area contributed by atoms with Crippen LogP contribution in [0, 0.1) is 17.5 Å². The van der Waals surface area contributed by atoms with Crippen LogP contribution in [0.4, 0.5) is 32.9 Å². The number of alkyl halides is 1. The highest BCUT2D eigenvalue weighted by Crippen LogP contribution is 2.42. The summed E-state index contributed by atoms with van der Waals surface area (Å²) < 4.78 is 81.9. The molecule has 50 heavy (non-hydrogen) atoms. The second-order valence-electron chi connectivity index (χ2n) is 12.5. The fourth-order valence-electron chi connectivity index (χ4n) is 7.15. The van der Waals surface area contributed by atoms with E-state index in [1.807, 2.05) is 0 Å². The number of carbonyl (C=O) groups excluding carboxylic acids is 1. The van der Waals surface area contributed by atoms with Gasteiger partial charge in [-0.25, -0.2) is 31.9 Å². The number of halogens is 5. The van der Waals surface area contributed by atoms with E-state index >= 15 is 8.78 Å². The van der Waals surface area contributed by atoms with Gasteiger partial charge in [-0.2, -0.15) is 9.97 Å². The van der Waals surface area contributed by atoms with Crippen LogP contribution in [-0.4, -0.2) is 98.2 Å². The van der Waals surface area contributed by atoms with Crippen LogP contribution in [-0.2, 0) is 4.79 Å². The van der Waals surface area contributed by atoms with Gasteiger partial charge in [0.25, 0.3) is 5.91 Å². The average molecular weight is 730 g/mol. The molecule has 0 radical (unpaired) electrons. The molecule has 0 saturated carbocycles. The number of hydrogen-bond donors (Lipinski definition) is 1. The maximum absolute atomic E-state index is 16.6. The van der Waals surface area contributed by atoms with E-state index in [1.165, 1.54) is 28.6 Å². The maximum Gasteiger partial charge on any atom is 0.319 e. The lowest BCUT2D eigenvalue weighted by Crippen LogP contribution is -2.49. The summed E-state index contributed by atoms with van der Waals surface area (Å²) in [6.45, 7) is 1.73. The van der Waals surface area contributed by atoms with Gasteiger partial charge in [-0.15, -0.1) is 11.3 Å². The molecule has 2 atom stereocenters. The number of aromatic nitrogens is 5. The molecule has 1 amide bonds. The van der Waals surface area contributed by atoms with Crippen molar-refractivity contribution in [1.82, 2.24) is 34.7 Å². The van der Waals surface area contributed by atoms with Crippen LogP contribution in [0.1, 0.15) is 24.3 Å². The molecule has 11 nitrogen and oxygen atoms in total. The SMILES string of the molecule is Nc1nc2c(-c3ncc4c(N5CCN(C(=O)/C(F)=C/c6nccs6)CC5)nc(OC[C@@]56CCCN5C[C@H](F)C6)nc4c3F)c(F)cc(F)c2s1. The van der Waals surface area contributed by atoms with Crippen molar-refractivity contribution < 1.29 is 31.5 Å². The molecule has 0 spiro atoms. The first-order valence-electron chi connectivity index (χ1n) is 15.8. The van der Waals surface area contributed by atoms with Crippen molar-refractivity contribution in [3.8, 4) is 17.3 Å². The molecule has 2 N–H and O–H groups in total. The lowest BCUT2D eigenvalue weighted by molar-refractivity contribution is -0.128. The first-order valence-corrected chi connectivity index (χ1v) is 17.5. The number of pyridine rings is 1. The standard InChI is InChI=1S/C32H28F5N9O2S2/c33-16-12-32(2-1-4-46(32)14-16)15-48-31-42-24-17(13-40-25(23(24)37)22-18(34)10-19(35)27-26(22)41-30(38)50-27)28(43-31)44-5-7-45(8-6-44)29(47)20(36)11-21-39-3-9-49-21/h3,9-11,13,16H,1-2,4-8,12,14-15H2,(H2,38,41)/b20-11-/t16-,32+/m1/s1. The van der Waals surface area contributed by atoms with Gasteiger partial charge >= 0.3 is 6.01 Å². The van der Waals surface area contributed by atoms with Gasteiger partial charge in [0, 0.05) is 69.1 Å². The van der Waals surface area contributed by atoms with E-state index in [4.69, 9.17) is 10.5 Å². The van der Waals surface area contributed by atoms with Gasteiger partial charge in [0.1, 0.15) is 46.4 Å². The second kappa shape index (κ2) is 12.6. The average Bonchev–Trinajstić information content (AvgIpc) is 3.89. The summed E-state index contributed by atoms with van der Waals surface area (Å²) in [6, 6.07) is 0.438. The number of piperazine rings is 1. The number of rotatable bonds is 7. The van der Waals surface area contributed by atoms with Crippen molar-refractivity contribution in [2.24, 2.45) is 0 Å². The molecule has 4 aromatic heterocycles. The smallest absolute Gasteiger partial charge is 0.319 e. The molecular weight excluding hydrogens is 702 g/mol. The Hall–Kier alpha value is -4.55. The number of ether oxygens (including phenoxy) is 1. The molecule has 5 aromatic rings.